The first-order valence-electron chi connectivity index (χ1n) is 8.71. The molecule has 2 aromatic rings. The average molecular weight is 358 g/mol. The van der Waals surface area contributed by atoms with E-state index in [9.17, 15) is 4.79 Å². The molecule has 0 bridgehead atoms. The van der Waals surface area contributed by atoms with Gasteiger partial charge in [0.2, 0.25) is 0 Å². The van der Waals surface area contributed by atoms with E-state index in [1.165, 1.54) is 0 Å². The van der Waals surface area contributed by atoms with Crippen LogP contribution in [0.4, 0.5) is 0 Å². The van der Waals surface area contributed by atoms with Crippen molar-refractivity contribution in [1.29, 1.82) is 0 Å². The number of likely N-dealkylation sites (tertiary alicyclic amines) is 1. The van der Waals surface area contributed by atoms with Gasteiger partial charge in [0, 0.05) is 36.5 Å². The van der Waals surface area contributed by atoms with Crippen LogP contribution in [0.5, 0.6) is 0 Å². The lowest BCUT2D eigenvalue weighted by Gasteiger charge is -2.20. The highest BCUT2D eigenvalue weighted by atomic mass is 35.5. The zero-order chi connectivity index (χ0) is 16.7. The van der Waals surface area contributed by atoms with Crippen LogP contribution in [-0.2, 0) is 0 Å². The Morgan fingerprint density at radius 3 is 2.72 bits per heavy atom. The van der Waals surface area contributed by atoms with Gasteiger partial charge in [0.15, 0.2) is 0 Å². The molecule has 0 spiro atoms. The van der Waals surface area contributed by atoms with Crippen LogP contribution in [0.15, 0.2) is 42.6 Å². The molecule has 4 nitrogen and oxygen atoms in total. The van der Waals surface area contributed by atoms with Gasteiger partial charge in [-0.1, -0.05) is 18.2 Å². The molecule has 3 atom stereocenters. The molecule has 2 N–H and O–H groups in total. The van der Waals surface area contributed by atoms with E-state index in [0.717, 1.165) is 48.3 Å². The third-order valence-corrected chi connectivity index (χ3v) is 5.70. The number of hydrogen-bond acceptors (Lipinski definition) is 3. The number of carbonyl (C=O) groups is 1. The number of carbonyl (C=O) groups excluding carboxylic acids is 1. The normalized spacial score (nSPS) is 24.7. The van der Waals surface area contributed by atoms with Gasteiger partial charge in [0.25, 0.3) is 5.91 Å². The van der Waals surface area contributed by atoms with Gasteiger partial charge in [0.05, 0.1) is 5.69 Å². The molecule has 1 aliphatic carbocycles. The molecule has 1 saturated carbocycles. The van der Waals surface area contributed by atoms with Gasteiger partial charge in [-0.2, -0.15) is 0 Å². The minimum Gasteiger partial charge on any atom is -0.338 e. The maximum atomic E-state index is 13.1. The van der Waals surface area contributed by atoms with E-state index >= 15 is 0 Å². The van der Waals surface area contributed by atoms with E-state index in [1.807, 2.05) is 48.2 Å². The zero-order valence-corrected chi connectivity index (χ0v) is 15.2. The predicted octanol–water partition coefficient (Wildman–Crippen LogP) is 3.29. The van der Waals surface area contributed by atoms with Crippen LogP contribution in [0, 0.1) is 18.8 Å². The van der Waals surface area contributed by atoms with Crippen LogP contribution in [-0.4, -0.2) is 34.9 Å². The smallest absolute Gasteiger partial charge is 0.254 e. The number of nitrogens with zero attached hydrogens (tertiary/aromatic N) is 2. The highest BCUT2D eigenvalue weighted by Crippen LogP contribution is 2.38. The average Bonchev–Trinajstić information content (AvgIpc) is 3.18. The minimum absolute atomic E-state index is 0. The number of hydrogen-bond donors (Lipinski definition) is 1. The van der Waals surface area contributed by atoms with E-state index in [-0.39, 0.29) is 24.4 Å². The standard InChI is InChI=1S/C20H23N3O.ClH/c1-13-15(19-7-2-3-10-22-19)5-4-6-16(13)20(24)23-11-14-8-9-18(21)17(14)12-23;/h2-7,10,14,17-18H,8-9,11-12,21H2,1H3;1H. The van der Waals surface area contributed by atoms with Gasteiger partial charge < -0.3 is 10.6 Å². The van der Waals surface area contributed by atoms with Crippen LogP contribution >= 0.6 is 12.4 Å². The van der Waals surface area contributed by atoms with Crippen molar-refractivity contribution in [2.45, 2.75) is 25.8 Å². The van der Waals surface area contributed by atoms with Gasteiger partial charge in [-0.3, -0.25) is 9.78 Å². The predicted molar refractivity (Wildman–Crippen MR) is 102 cm³/mol. The lowest BCUT2D eigenvalue weighted by molar-refractivity contribution is 0.0779. The quantitative estimate of drug-likeness (QED) is 0.897. The van der Waals surface area contributed by atoms with Gasteiger partial charge in [-0.05, 0) is 55.4 Å². The largest absolute Gasteiger partial charge is 0.338 e. The number of rotatable bonds is 2. The molecule has 2 heterocycles. The van der Waals surface area contributed by atoms with Crippen molar-refractivity contribution in [3.63, 3.8) is 0 Å². The molecule has 1 amide bonds. The van der Waals surface area contributed by atoms with E-state index in [4.69, 9.17) is 5.73 Å². The van der Waals surface area contributed by atoms with Crippen molar-refractivity contribution >= 4 is 18.3 Å². The summed E-state index contributed by atoms with van der Waals surface area (Å²) in [4.78, 5) is 19.5. The van der Waals surface area contributed by atoms with Crippen molar-refractivity contribution in [2.75, 3.05) is 13.1 Å². The lowest BCUT2D eigenvalue weighted by Crippen LogP contribution is -2.33. The summed E-state index contributed by atoms with van der Waals surface area (Å²) in [6.45, 7) is 3.67. The van der Waals surface area contributed by atoms with Crippen LogP contribution < -0.4 is 5.73 Å². The Morgan fingerprint density at radius 2 is 2.00 bits per heavy atom. The second kappa shape index (κ2) is 7.14. The van der Waals surface area contributed by atoms with Crippen LogP contribution in [0.25, 0.3) is 11.3 Å². The molecule has 132 valence electrons. The lowest BCUT2D eigenvalue weighted by atomic mass is 9.98. The van der Waals surface area contributed by atoms with Crippen molar-refractivity contribution < 1.29 is 4.79 Å². The monoisotopic (exact) mass is 357 g/mol. The summed E-state index contributed by atoms with van der Waals surface area (Å²) < 4.78 is 0. The Labute approximate surface area is 154 Å². The van der Waals surface area contributed by atoms with E-state index in [2.05, 4.69) is 4.98 Å². The summed E-state index contributed by atoms with van der Waals surface area (Å²) in [6, 6.07) is 12.0. The molecular formula is C20H24ClN3O. The number of aromatic nitrogens is 1. The van der Waals surface area contributed by atoms with Gasteiger partial charge in [-0.25, -0.2) is 0 Å². The van der Waals surface area contributed by atoms with Crippen LogP contribution in [0.3, 0.4) is 0 Å². The molecule has 3 unspecified atom stereocenters. The fourth-order valence-electron chi connectivity index (χ4n) is 4.31. The zero-order valence-electron chi connectivity index (χ0n) is 14.4. The highest BCUT2D eigenvalue weighted by molar-refractivity contribution is 5.97. The first-order valence-corrected chi connectivity index (χ1v) is 8.71. The maximum absolute atomic E-state index is 13.1. The Balaban J connectivity index is 0.00000182. The second-order valence-electron chi connectivity index (χ2n) is 7.07. The third kappa shape index (κ3) is 3.16. The number of halogens is 1. The topological polar surface area (TPSA) is 59.2 Å². The molecule has 5 heteroatoms. The summed E-state index contributed by atoms with van der Waals surface area (Å²) in [7, 11) is 0. The number of nitrogens with two attached hydrogens (primary N) is 1. The number of benzene rings is 1. The molecule has 2 aliphatic rings. The van der Waals surface area contributed by atoms with Crippen molar-refractivity contribution in [3.05, 3.63) is 53.7 Å². The van der Waals surface area contributed by atoms with Gasteiger partial charge >= 0.3 is 0 Å². The summed E-state index contributed by atoms with van der Waals surface area (Å²) in [6.07, 6.45) is 4.04. The second-order valence-corrected chi connectivity index (χ2v) is 7.07. The third-order valence-electron chi connectivity index (χ3n) is 5.70. The number of fused-ring (bicyclic) bond motifs is 1. The van der Waals surface area contributed by atoms with E-state index in [1.54, 1.807) is 6.20 Å². The fourth-order valence-corrected chi connectivity index (χ4v) is 4.31. The highest BCUT2D eigenvalue weighted by Gasteiger charge is 2.42. The Kier molecular flexibility index (Phi) is 5.11. The molecule has 0 radical (unpaired) electrons. The van der Waals surface area contributed by atoms with Crippen molar-refractivity contribution in [1.82, 2.24) is 9.88 Å². The fraction of sp³-hybridized carbons (Fsp3) is 0.400. The summed E-state index contributed by atoms with van der Waals surface area (Å²) in [5.41, 5.74) is 9.92. The molecule has 4 rings (SSSR count). The van der Waals surface area contributed by atoms with Crippen molar-refractivity contribution in [2.24, 2.45) is 17.6 Å². The molecule has 1 saturated heterocycles. The minimum atomic E-state index is 0. The van der Waals surface area contributed by atoms with Crippen LogP contribution in [0.1, 0.15) is 28.8 Å². The molecule has 1 aromatic heterocycles. The summed E-state index contributed by atoms with van der Waals surface area (Å²) in [5, 5.41) is 0. The Bertz CT molecular complexity index is 765. The molecule has 1 aromatic carbocycles. The first kappa shape index (κ1) is 17.9. The van der Waals surface area contributed by atoms with Gasteiger partial charge in [-0.15, -0.1) is 12.4 Å². The number of amides is 1. The molecule has 1 aliphatic heterocycles. The van der Waals surface area contributed by atoms with E-state index < -0.39 is 0 Å². The summed E-state index contributed by atoms with van der Waals surface area (Å²) >= 11 is 0. The number of pyridine rings is 1. The summed E-state index contributed by atoms with van der Waals surface area (Å²) in [5.74, 6) is 1.20. The molecule has 25 heavy (non-hydrogen) atoms. The Hall–Kier alpha value is -1.91. The van der Waals surface area contributed by atoms with Crippen LogP contribution in [0.2, 0.25) is 0 Å². The first-order chi connectivity index (χ1) is 11.6. The SMILES string of the molecule is Cc1c(C(=O)N2CC3CCC(N)C3C2)cccc1-c1ccccn1.Cl. The molecular weight excluding hydrogens is 334 g/mol. The van der Waals surface area contributed by atoms with Crippen molar-refractivity contribution in [3.8, 4) is 11.3 Å². The maximum Gasteiger partial charge on any atom is 0.254 e. The van der Waals surface area contributed by atoms with Gasteiger partial charge in [0.1, 0.15) is 0 Å². The van der Waals surface area contributed by atoms with E-state index in [0.29, 0.717) is 11.8 Å². The Morgan fingerprint density at radius 1 is 1.16 bits per heavy atom. The molecule has 2 fully saturated rings.